The van der Waals surface area contributed by atoms with Crippen molar-refractivity contribution in [3.63, 3.8) is 0 Å². The first-order valence-corrected chi connectivity index (χ1v) is 8.19. The van der Waals surface area contributed by atoms with Crippen molar-refractivity contribution < 1.29 is 23.1 Å². The second kappa shape index (κ2) is 7.93. The van der Waals surface area contributed by atoms with E-state index in [1.54, 1.807) is 17.0 Å². The van der Waals surface area contributed by atoms with Gasteiger partial charge in [-0.1, -0.05) is 12.1 Å². The third kappa shape index (κ3) is 4.65. The number of nitrogens with zero attached hydrogens (tertiary/aromatic N) is 1. The third-order valence-electron chi connectivity index (χ3n) is 4.92. The Hall–Kier alpha value is -1.31. The molecule has 0 aromatic heterocycles. The molecule has 0 radical (unpaired) electrons. The van der Waals surface area contributed by atoms with Crippen LogP contribution in [0.4, 0.5) is 13.2 Å². The second-order valence-corrected chi connectivity index (χ2v) is 6.65. The summed E-state index contributed by atoms with van der Waals surface area (Å²) in [6.45, 7) is 0.417. The number of hydrogen-bond acceptors (Lipinski definition) is 3. The smallest absolute Gasteiger partial charge is 0.262 e. The average molecular weight is 379 g/mol. The molecule has 2 atom stereocenters. The fourth-order valence-corrected chi connectivity index (χ4v) is 3.48. The molecule has 3 rings (SSSR count). The summed E-state index contributed by atoms with van der Waals surface area (Å²) in [6.07, 6.45) is 0.0156. The van der Waals surface area contributed by atoms with E-state index in [1.807, 2.05) is 0 Å². The summed E-state index contributed by atoms with van der Waals surface area (Å²) in [6, 6.07) is 4.91. The maximum Gasteiger partial charge on any atom is 0.262 e. The summed E-state index contributed by atoms with van der Waals surface area (Å²) in [4.78, 5) is 13.9. The van der Waals surface area contributed by atoms with E-state index in [0.29, 0.717) is 31.5 Å². The largest absolute Gasteiger partial charge is 0.388 e. The number of piperidine rings is 1. The number of carbonyl (C=O) groups excluding carboxylic acids is 1. The van der Waals surface area contributed by atoms with E-state index < -0.39 is 31.0 Å². The second-order valence-electron chi connectivity index (χ2n) is 6.65. The Labute approximate surface area is 150 Å². The molecular weight excluding hydrogens is 357 g/mol. The Morgan fingerprint density at radius 1 is 1.24 bits per heavy atom. The summed E-state index contributed by atoms with van der Waals surface area (Å²) in [7, 11) is 0. The number of hydrogen-bond donors (Lipinski definition) is 2. The van der Waals surface area contributed by atoms with Crippen LogP contribution in [0.2, 0.25) is 0 Å². The highest BCUT2D eigenvalue weighted by atomic mass is 35.5. The molecule has 2 unspecified atom stereocenters. The van der Waals surface area contributed by atoms with Gasteiger partial charge in [0.2, 0.25) is 5.91 Å². The predicted octanol–water partition coefficient (Wildman–Crippen LogP) is 2.52. The fraction of sp³-hybridized carbons (Fsp3) is 0.588. The minimum absolute atomic E-state index is 0. The number of likely N-dealkylation sites (tertiary alicyclic amines) is 1. The molecule has 0 saturated carbocycles. The number of aliphatic hydroxyl groups is 1. The minimum Gasteiger partial charge on any atom is -0.388 e. The molecule has 2 fully saturated rings. The average Bonchev–Trinajstić information content (AvgIpc) is 2.94. The van der Waals surface area contributed by atoms with E-state index in [9.17, 15) is 23.1 Å². The maximum atomic E-state index is 13.2. The minimum atomic E-state index is -2.82. The van der Waals surface area contributed by atoms with E-state index in [0.717, 1.165) is 0 Å². The Morgan fingerprint density at radius 3 is 2.36 bits per heavy atom. The van der Waals surface area contributed by atoms with Gasteiger partial charge in [0, 0.05) is 19.5 Å². The molecule has 2 aliphatic heterocycles. The number of aliphatic hydroxyl groups excluding tert-OH is 1. The van der Waals surface area contributed by atoms with Crippen LogP contribution < -0.4 is 5.32 Å². The van der Waals surface area contributed by atoms with E-state index >= 15 is 0 Å². The van der Waals surface area contributed by atoms with Crippen LogP contribution in [0.1, 0.15) is 30.9 Å². The van der Waals surface area contributed by atoms with Gasteiger partial charge >= 0.3 is 0 Å². The molecule has 4 nitrogen and oxygen atoms in total. The molecule has 1 amide bonds. The monoisotopic (exact) mass is 378 g/mol. The molecule has 8 heteroatoms. The quantitative estimate of drug-likeness (QED) is 0.849. The van der Waals surface area contributed by atoms with Crippen molar-refractivity contribution in [2.24, 2.45) is 5.92 Å². The standard InChI is InChI=1S/C17H21F3N2O2.ClH/c18-13-3-1-11(2-4-13)15(23)12-5-7-22(8-6-12)16(24)14-9-17(19,20)10-21-14;/h1-4,12,14-15,21,23H,5-10H2;1H. The molecule has 2 N–H and O–H groups in total. The Balaban J connectivity index is 0.00000225. The van der Waals surface area contributed by atoms with Crippen molar-refractivity contribution in [3.05, 3.63) is 35.6 Å². The zero-order valence-corrected chi connectivity index (χ0v) is 14.4. The molecular formula is C17H22ClF3N2O2. The van der Waals surface area contributed by atoms with Gasteiger partial charge in [-0.2, -0.15) is 0 Å². The van der Waals surface area contributed by atoms with E-state index in [2.05, 4.69) is 5.32 Å². The van der Waals surface area contributed by atoms with Gasteiger partial charge in [-0.3, -0.25) is 10.1 Å². The van der Waals surface area contributed by atoms with Crippen LogP contribution in [0.3, 0.4) is 0 Å². The Bertz CT molecular complexity index is 592. The van der Waals surface area contributed by atoms with E-state index in [4.69, 9.17) is 0 Å². The van der Waals surface area contributed by atoms with Crippen LogP contribution in [0.5, 0.6) is 0 Å². The highest BCUT2D eigenvalue weighted by Gasteiger charge is 2.44. The topological polar surface area (TPSA) is 52.6 Å². The van der Waals surface area contributed by atoms with Crippen molar-refractivity contribution in [3.8, 4) is 0 Å². The maximum absolute atomic E-state index is 13.2. The van der Waals surface area contributed by atoms with Gasteiger partial charge in [-0.05, 0) is 36.5 Å². The van der Waals surface area contributed by atoms with Crippen molar-refractivity contribution in [2.45, 2.75) is 37.3 Å². The third-order valence-corrected chi connectivity index (χ3v) is 4.92. The molecule has 25 heavy (non-hydrogen) atoms. The van der Waals surface area contributed by atoms with Crippen molar-refractivity contribution in [1.29, 1.82) is 0 Å². The molecule has 0 aliphatic carbocycles. The van der Waals surface area contributed by atoms with Gasteiger partial charge in [0.25, 0.3) is 5.92 Å². The molecule has 140 valence electrons. The first-order valence-electron chi connectivity index (χ1n) is 8.19. The van der Waals surface area contributed by atoms with Crippen molar-refractivity contribution >= 4 is 18.3 Å². The number of nitrogens with one attached hydrogen (secondary N) is 1. The molecule has 0 spiro atoms. The molecule has 1 aromatic carbocycles. The van der Waals surface area contributed by atoms with Crippen LogP contribution in [-0.4, -0.2) is 47.5 Å². The van der Waals surface area contributed by atoms with Gasteiger partial charge in [0.1, 0.15) is 5.82 Å². The molecule has 0 bridgehead atoms. The lowest BCUT2D eigenvalue weighted by atomic mass is 9.87. The number of amides is 1. The summed E-state index contributed by atoms with van der Waals surface area (Å²) in [5, 5.41) is 13.0. The van der Waals surface area contributed by atoms with Gasteiger partial charge in [-0.15, -0.1) is 12.4 Å². The molecule has 1 aromatic rings. The van der Waals surface area contributed by atoms with Crippen LogP contribution in [0.25, 0.3) is 0 Å². The van der Waals surface area contributed by atoms with E-state index in [1.165, 1.54) is 12.1 Å². The highest BCUT2D eigenvalue weighted by Crippen LogP contribution is 2.32. The number of alkyl halides is 2. The van der Waals surface area contributed by atoms with Crippen LogP contribution in [-0.2, 0) is 4.79 Å². The first-order chi connectivity index (χ1) is 11.4. The van der Waals surface area contributed by atoms with Gasteiger partial charge in [0.05, 0.1) is 18.7 Å². The Kier molecular flexibility index (Phi) is 6.35. The summed E-state index contributed by atoms with van der Waals surface area (Å²) < 4.78 is 39.4. The SMILES string of the molecule is Cl.O=C(C1CC(F)(F)CN1)N1CCC(C(O)c2ccc(F)cc2)CC1. The summed E-state index contributed by atoms with van der Waals surface area (Å²) >= 11 is 0. The van der Waals surface area contributed by atoms with Gasteiger partial charge < -0.3 is 10.0 Å². The molecule has 2 aliphatic rings. The van der Waals surface area contributed by atoms with Crippen molar-refractivity contribution in [1.82, 2.24) is 10.2 Å². The molecule has 2 saturated heterocycles. The number of rotatable bonds is 3. The number of benzene rings is 1. The van der Waals surface area contributed by atoms with Gasteiger partial charge in [0.15, 0.2) is 0 Å². The van der Waals surface area contributed by atoms with Gasteiger partial charge in [-0.25, -0.2) is 13.2 Å². The predicted molar refractivity (Wildman–Crippen MR) is 89.3 cm³/mol. The first kappa shape index (κ1) is 20.0. The zero-order valence-electron chi connectivity index (χ0n) is 13.6. The Morgan fingerprint density at radius 2 is 1.84 bits per heavy atom. The zero-order chi connectivity index (χ0) is 17.3. The van der Waals surface area contributed by atoms with E-state index in [-0.39, 0.29) is 30.0 Å². The fourth-order valence-electron chi connectivity index (χ4n) is 3.48. The number of halogens is 4. The normalized spacial score (nSPS) is 24.6. The molecule has 2 heterocycles. The lowest BCUT2D eigenvalue weighted by Crippen LogP contribution is -2.47. The van der Waals surface area contributed by atoms with Crippen molar-refractivity contribution in [2.75, 3.05) is 19.6 Å². The lowest BCUT2D eigenvalue weighted by Gasteiger charge is -2.35. The van der Waals surface area contributed by atoms with Crippen LogP contribution >= 0.6 is 12.4 Å². The number of carbonyl (C=O) groups is 1. The highest BCUT2D eigenvalue weighted by molar-refractivity contribution is 5.85. The van der Waals surface area contributed by atoms with Crippen LogP contribution in [0.15, 0.2) is 24.3 Å². The lowest BCUT2D eigenvalue weighted by molar-refractivity contribution is -0.135. The van der Waals surface area contributed by atoms with Crippen LogP contribution in [0, 0.1) is 11.7 Å². The summed E-state index contributed by atoms with van der Waals surface area (Å²) in [5.41, 5.74) is 0.651. The summed E-state index contributed by atoms with van der Waals surface area (Å²) in [5.74, 6) is -3.50.